The summed E-state index contributed by atoms with van der Waals surface area (Å²) in [5.41, 5.74) is 8.21. The van der Waals surface area contributed by atoms with E-state index in [0.29, 0.717) is 11.8 Å². The molecule has 0 unspecified atom stereocenters. The molecule has 0 radical (unpaired) electrons. The van der Waals surface area contributed by atoms with Gasteiger partial charge >= 0.3 is 0 Å². The fourth-order valence-electron chi connectivity index (χ4n) is 3.08. The van der Waals surface area contributed by atoms with Gasteiger partial charge in [0.05, 0.1) is 27.0 Å². The number of thiophene rings is 2. The van der Waals surface area contributed by atoms with Gasteiger partial charge in [0.1, 0.15) is 5.15 Å². The van der Waals surface area contributed by atoms with Gasteiger partial charge < -0.3 is 20.9 Å². The molecule has 0 amide bonds. The molecule has 1 fully saturated rings. The SMILES string of the molecule is N[C@H]1COCC[C@H]1c1sc2c(NCc3cccs3)cc(Cl)nc2c1Br.O=CO. The Labute approximate surface area is 183 Å². The third kappa shape index (κ3) is 4.84. The van der Waals surface area contributed by atoms with Gasteiger partial charge in [-0.2, -0.15) is 0 Å². The Balaban J connectivity index is 0.000000706. The van der Waals surface area contributed by atoms with E-state index >= 15 is 0 Å². The summed E-state index contributed by atoms with van der Waals surface area (Å²) in [5, 5.41) is 13.0. The highest BCUT2D eigenvalue weighted by Gasteiger charge is 2.29. The number of pyridine rings is 1. The van der Waals surface area contributed by atoms with Crippen molar-refractivity contribution in [2.75, 3.05) is 18.5 Å². The van der Waals surface area contributed by atoms with Gasteiger partial charge in [-0.15, -0.1) is 22.7 Å². The number of carboxylic acid groups (broad SMARTS) is 1. The number of fused-ring (bicyclic) bond motifs is 1. The van der Waals surface area contributed by atoms with E-state index < -0.39 is 0 Å². The standard InChI is InChI=1S/C17H17BrClN3OS2.CH2O2/c18-14-15-17(25-16(14)10-3-4-23-8-11(10)20)12(6-13(19)22-15)21-7-9-2-1-5-24-9;2-1-3/h1-2,5-6,10-11H,3-4,7-8,20H2,(H,21,22);1H,(H,2,3)/t10-,11+;/m1./s1. The third-order valence-corrected chi connectivity index (χ3v) is 7.83. The van der Waals surface area contributed by atoms with E-state index in [4.69, 9.17) is 32.0 Å². The Kier molecular flexibility index (Phi) is 7.67. The number of nitrogens with zero attached hydrogens (tertiary/aromatic N) is 1. The predicted molar refractivity (Wildman–Crippen MR) is 119 cm³/mol. The molecule has 1 aliphatic rings. The van der Waals surface area contributed by atoms with Gasteiger partial charge in [-0.05, 0) is 33.8 Å². The highest BCUT2D eigenvalue weighted by Crippen LogP contribution is 2.45. The van der Waals surface area contributed by atoms with Crippen LogP contribution in [0.5, 0.6) is 0 Å². The van der Waals surface area contributed by atoms with Gasteiger partial charge in [-0.1, -0.05) is 17.7 Å². The molecule has 0 aromatic carbocycles. The topological polar surface area (TPSA) is 97.5 Å². The maximum Gasteiger partial charge on any atom is 0.290 e. The highest BCUT2D eigenvalue weighted by atomic mass is 79.9. The lowest BCUT2D eigenvalue weighted by Gasteiger charge is -2.28. The van der Waals surface area contributed by atoms with E-state index in [1.54, 1.807) is 22.7 Å². The monoisotopic (exact) mass is 503 g/mol. The zero-order chi connectivity index (χ0) is 20.1. The fourth-order valence-corrected chi connectivity index (χ4v) is 6.21. The second kappa shape index (κ2) is 10.00. The fraction of sp³-hybridized carbons (Fsp3) is 0.333. The summed E-state index contributed by atoms with van der Waals surface area (Å²) in [6.45, 7) is 1.87. The van der Waals surface area contributed by atoms with Crippen molar-refractivity contribution < 1.29 is 14.6 Å². The van der Waals surface area contributed by atoms with Crippen molar-refractivity contribution in [1.29, 1.82) is 0 Å². The maximum atomic E-state index is 8.36. The van der Waals surface area contributed by atoms with Crippen LogP contribution in [0.2, 0.25) is 5.15 Å². The second-order valence-electron chi connectivity index (χ2n) is 6.12. The van der Waals surface area contributed by atoms with Crippen LogP contribution in [-0.2, 0) is 16.1 Å². The van der Waals surface area contributed by atoms with Gasteiger partial charge in [0.25, 0.3) is 6.47 Å². The average Bonchev–Trinajstić information content (AvgIpc) is 3.30. The molecule has 1 saturated heterocycles. The van der Waals surface area contributed by atoms with Gasteiger partial charge in [-0.25, -0.2) is 4.98 Å². The largest absolute Gasteiger partial charge is 0.483 e. The van der Waals surface area contributed by atoms with E-state index in [-0.39, 0.29) is 18.4 Å². The quantitative estimate of drug-likeness (QED) is 0.345. The highest BCUT2D eigenvalue weighted by molar-refractivity contribution is 9.10. The lowest BCUT2D eigenvalue weighted by atomic mass is 9.94. The molecular formula is C18H19BrClN3O3S2. The molecule has 4 N–H and O–H groups in total. The molecule has 0 aliphatic carbocycles. The molecule has 6 nitrogen and oxygen atoms in total. The molecule has 10 heteroatoms. The Morgan fingerprint density at radius 3 is 3.00 bits per heavy atom. The number of ether oxygens (including phenoxy) is 1. The lowest BCUT2D eigenvalue weighted by molar-refractivity contribution is -0.122. The van der Waals surface area contributed by atoms with E-state index in [2.05, 4.69) is 43.7 Å². The van der Waals surface area contributed by atoms with E-state index in [1.807, 2.05) is 6.07 Å². The number of hydrogen-bond donors (Lipinski definition) is 3. The van der Waals surface area contributed by atoms with Crippen molar-refractivity contribution in [2.45, 2.75) is 24.9 Å². The van der Waals surface area contributed by atoms with Crippen LogP contribution >= 0.6 is 50.2 Å². The van der Waals surface area contributed by atoms with Crippen LogP contribution in [0.25, 0.3) is 10.2 Å². The minimum absolute atomic E-state index is 0.0103. The zero-order valence-electron chi connectivity index (χ0n) is 14.7. The first kappa shape index (κ1) is 21.5. The molecule has 150 valence electrons. The van der Waals surface area contributed by atoms with Crippen molar-refractivity contribution in [1.82, 2.24) is 4.98 Å². The van der Waals surface area contributed by atoms with Crippen LogP contribution in [0.15, 0.2) is 28.1 Å². The van der Waals surface area contributed by atoms with Crippen LogP contribution in [0, 0.1) is 0 Å². The van der Waals surface area contributed by atoms with Crippen molar-refractivity contribution in [2.24, 2.45) is 5.73 Å². The smallest absolute Gasteiger partial charge is 0.290 e. The van der Waals surface area contributed by atoms with Gasteiger partial charge in [0, 0.05) is 40.9 Å². The van der Waals surface area contributed by atoms with Gasteiger partial charge in [0.2, 0.25) is 0 Å². The summed E-state index contributed by atoms with van der Waals surface area (Å²) in [6.07, 6.45) is 0.929. The summed E-state index contributed by atoms with van der Waals surface area (Å²) in [6, 6.07) is 6.09. The number of rotatable bonds is 4. The molecule has 0 saturated carbocycles. The van der Waals surface area contributed by atoms with Crippen LogP contribution in [0.3, 0.4) is 0 Å². The number of carbonyl (C=O) groups is 1. The number of halogens is 2. The Bertz CT molecular complexity index is 936. The molecule has 2 atom stereocenters. The number of anilines is 1. The minimum atomic E-state index is -0.250. The normalized spacial score (nSPS) is 19.1. The van der Waals surface area contributed by atoms with Crippen molar-refractivity contribution in [3.05, 3.63) is 43.0 Å². The number of aromatic nitrogens is 1. The molecule has 4 rings (SSSR count). The van der Waals surface area contributed by atoms with Crippen molar-refractivity contribution in [3.63, 3.8) is 0 Å². The molecule has 0 bridgehead atoms. The first-order valence-electron chi connectivity index (χ1n) is 8.51. The third-order valence-electron chi connectivity index (χ3n) is 4.35. The van der Waals surface area contributed by atoms with Crippen LogP contribution in [0.4, 0.5) is 5.69 Å². The van der Waals surface area contributed by atoms with Gasteiger partial charge in [0.15, 0.2) is 0 Å². The summed E-state index contributed by atoms with van der Waals surface area (Å²) >= 11 is 13.5. The number of hydrogen-bond acceptors (Lipinski definition) is 7. The second-order valence-corrected chi connectivity index (χ2v) is 9.39. The van der Waals surface area contributed by atoms with Crippen LogP contribution in [0.1, 0.15) is 22.1 Å². The Hall–Kier alpha value is -1.23. The van der Waals surface area contributed by atoms with E-state index in [9.17, 15) is 0 Å². The molecular weight excluding hydrogens is 486 g/mol. The molecule has 4 heterocycles. The Morgan fingerprint density at radius 2 is 2.32 bits per heavy atom. The summed E-state index contributed by atoms with van der Waals surface area (Å²) in [5.74, 6) is 0.284. The number of nitrogens with two attached hydrogens (primary N) is 1. The minimum Gasteiger partial charge on any atom is -0.483 e. The summed E-state index contributed by atoms with van der Waals surface area (Å²) in [4.78, 5) is 15.4. The molecule has 3 aromatic heterocycles. The van der Waals surface area contributed by atoms with E-state index in [0.717, 1.165) is 39.9 Å². The Morgan fingerprint density at radius 1 is 1.54 bits per heavy atom. The molecule has 0 spiro atoms. The average molecular weight is 505 g/mol. The van der Waals surface area contributed by atoms with Crippen molar-refractivity contribution in [3.8, 4) is 0 Å². The summed E-state index contributed by atoms with van der Waals surface area (Å²) < 4.78 is 7.61. The first-order chi connectivity index (χ1) is 13.5. The predicted octanol–water partition coefficient (Wildman–Crippen LogP) is 4.92. The van der Waals surface area contributed by atoms with Crippen LogP contribution in [-0.4, -0.2) is 35.8 Å². The van der Waals surface area contributed by atoms with Crippen LogP contribution < -0.4 is 11.1 Å². The zero-order valence-corrected chi connectivity index (χ0v) is 18.7. The summed E-state index contributed by atoms with van der Waals surface area (Å²) in [7, 11) is 0. The molecule has 1 aliphatic heterocycles. The maximum absolute atomic E-state index is 8.36. The lowest BCUT2D eigenvalue weighted by Crippen LogP contribution is -2.37. The molecule has 3 aromatic rings. The number of nitrogens with one attached hydrogen (secondary N) is 1. The first-order valence-corrected chi connectivity index (χ1v) is 11.4. The van der Waals surface area contributed by atoms with E-state index in [1.165, 1.54) is 9.75 Å². The van der Waals surface area contributed by atoms with Crippen molar-refractivity contribution >= 4 is 72.6 Å². The molecule has 28 heavy (non-hydrogen) atoms. The van der Waals surface area contributed by atoms with Gasteiger partial charge in [-0.3, -0.25) is 4.79 Å².